The number of fused-ring (bicyclic) bond motifs is 5. The molecule has 526 valence electrons. The lowest BCUT2D eigenvalue weighted by atomic mass is 9.47. The molecule has 4 rings (SSSR count). The van der Waals surface area contributed by atoms with Gasteiger partial charge in [0.2, 0.25) is 0 Å². The second-order valence-electron chi connectivity index (χ2n) is 24.9. The maximum absolute atomic E-state index is 8.62. The van der Waals surface area contributed by atoms with E-state index in [0.717, 1.165) is 54.3 Å². The van der Waals surface area contributed by atoms with Gasteiger partial charge in [-0.25, -0.2) is 0 Å². The SMILES string of the molecule is CC(C)[C@H](C)CC[C@@H](C)[C@H]1CC[C@H]2[C@@H]3CC=C4CC(OCCOCCOCCOCCOCCOCCOCCOCCOCCOCCOCCOCCOCCOCCOCCOCCOCCOCCOCCOCCO)CC[C@]4(C)[C@H]3CC[C@]12C. The van der Waals surface area contributed by atoms with Crippen molar-refractivity contribution in [2.45, 2.75) is 112 Å². The summed E-state index contributed by atoms with van der Waals surface area (Å²) in [7, 11) is 0. The van der Waals surface area contributed by atoms with Crippen LogP contribution in [0.15, 0.2) is 11.6 Å². The van der Waals surface area contributed by atoms with Crippen molar-refractivity contribution in [3.8, 4) is 0 Å². The van der Waals surface area contributed by atoms with Crippen LogP contribution in [0.1, 0.15) is 106 Å². The third-order valence-corrected chi connectivity index (χ3v) is 18.5. The van der Waals surface area contributed by atoms with E-state index in [2.05, 4.69) is 47.6 Å². The fourth-order valence-electron chi connectivity index (χ4n) is 13.2. The maximum Gasteiger partial charge on any atom is 0.0704 e. The Morgan fingerprint density at radius 2 is 0.685 bits per heavy atom. The first-order valence-corrected chi connectivity index (χ1v) is 34.6. The molecular weight excluding hydrogens is 1150 g/mol. The van der Waals surface area contributed by atoms with Crippen molar-refractivity contribution in [2.75, 3.05) is 264 Å². The fourth-order valence-corrected chi connectivity index (χ4v) is 13.2. The van der Waals surface area contributed by atoms with Crippen molar-refractivity contribution in [2.24, 2.45) is 52.3 Å². The molecule has 0 aromatic heterocycles. The Morgan fingerprint density at radius 1 is 0.371 bits per heavy atom. The van der Waals surface area contributed by atoms with Gasteiger partial charge in [-0.2, -0.15) is 0 Å². The Kier molecular flexibility index (Phi) is 48.8. The molecule has 1 N–H and O–H groups in total. The summed E-state index contributed by atoms with van der Waals surface area (Å²) in [5.74, 6) is 6.00. The second kappa shape index (κ2) is 54.1. The molecule has 21 heteroatoms. The topological polar surface area (TPSA) is 205 Å². The van der Waals surface area contributed by atoms with Gasteiger partial charge in [-0.1, -0.05) is 66.0 Å². The molecule has 0 aromatic carbocycles. The molecular formula is C68H128O21. The third-order valence-electron chi connectivity index (χ3n) is 18.5. The molecule has 3 fully saturated rings. The summed E-state index contributed by atoms with van der Waals surface area (Å²) in [6, 6.07) is 0. The number of aliphatic hydroxyl groups is 1. The van der Waals surface area contributed by atoms with Crippen molar-refractivity contribution in [3.05, 3.63) is 11.6 Å². The largest absolute Gasteiger partial charge is 0.394 e. The number of aliphatic hydroxyl groups excluding tert-OH is 1. The highest BCUT2D eigenvalue weighted by molar-refractivity contribution is 5.25. The summed E-state index contributed by atoms with van der Waals surface area (Å²) in [5, 5.41) is 8.62. The maximum atomic E-state index is 8.62. The molecule has 89 heavy (non-hydrogen) atoms. The highest BCUT2D eigenvalue weighted by atomic mass is 16.6. The van der Waals surface area contributed by atoms with Gasteiger partial charge < -0.3 is 99.8 Å². The van der Waals surface area contributed by atoms with Gasteiger partial charge in [-0.3, -0.25) is 0 Å². The minimum absolute atomic E-state index is 0.0199. The van der Waals surface area contributed by atoms with Crippen LogP contribution in [0, 0.1) is 52.3 Å². The van der Waals surface area contributed by atoms with E-state index in [0.29, 0.717) is 275 Å². The predicted molar refractivity (Wildman–Crippen MR) is 340 cm³/mol. The molecule has 0 radical (unpaired) electrons. The molecule has 0 aliphatic heterocycles. The molecule has 21 nitrogen and oxygen atoms in total. The van der Waals surface area contributed by atoms with Crippen LogP contribution in [0.2, 0.25) is 0 Å². The first-order valence-electron chi connectivity index (χ1n) is 34.6. The zero-order valence-electron chi connectivity index (χ0n) is 56.7. The first-order chi connectivity index (χ1) is 43.7. The molecule has 1 unspecified atom stereocenters. The second-order valence-corrected chi connectivity index (χ2v) is 24.9. The quantitative estimate of drug-likeness (QED) is 0.0453. The van der Waals surface area contributed by atoms with Gasteiger partial charge >= 0.3 is 0 Å². The van der Waals surface area contributed by atoms with Gasteiger partial charge in [0.25, 0.3) is 0 Å². The summed E-state index contributed by atoms with van der Waals surface area (Å²) >= 11 is 0. The van der Waals surface area contributed by atoms with E-state index >= 15 is 0 Å². The molecule has 4 aliphatic carbocycles. The van der Waals surface area contributed by atoms with Gasteiger partial charge in [-0.05, 0) is 104 Å². The monoisotopic (exact) mass is 1280 g/mol. The van der Waals surface area contributed by atoms with E-state index in [9.17, 15) is 0 Å². The number of hydrogen-bond acceptors (Lipinski definition) is 21. The van der Waals surface area contributed by atoms with Gasteiger partial charge in [0, 0.05) is 0 Å². The van der Waals surface area contributed by atoms with Crippen LogP contribution in [-0.4, -0.2) is 275 Å². The lowest BCUT2D eigenvalue weighted by Gasteiger charge is -2.58. The van der Waals surface area contributed by atoms with Crippen LogP contribution >= 0.6 is 0 Å². The van der Waals surface area contributed by atoms with Crippen molar-refractivity contribution in [3.63, 3.8) is 0 Å². The van der Waals surface area contributed by atoms with Gasteiger partial charge in [0.15, 0.2) is 0 Å². The van der Waals surface area contributed by atoms with E-state index in [1.807, 2.05) is 0 Å². The van der Waals surface area contributed by atoms with Gasteiger partial charge in [0.05, 0.1) is 270 Å². The van der Waals surface area contributed by atoms with E-state index in [4.69, 9.17) is 99.8 Å². The van der Waals surface area contributed by atoms with Gasteiger partial charge in [0.1, 0.15) is 0 Å². The standard InChI is InChI=1S/C68H128O21/c1-58(2)59(3)7-8-60(4)64-11-12-65-63-10-9-61-57-62(13-15-67(61,5)66(63)14-16-68(64,65)6)89-56-55-88-54-53-87-52-51-86-50-49-85-48-47-84-46-45-83-44-43-82-42-41-81-40-39-80-38-37-79-36-35-78-34-33-77-32-31-76-30-29-75-28-27-74-26-25-73-24-23-72-22-21-71-20-19-70-18-17-69/h9,58-60,62-66,69H,7-8,10-57H2,1-6H3/t59-,60-,62?,63+,64-,65+,66+,67+,68-/m1/s1. The van der Waals surface area contributed by atoms with Crippen LogP contribution in [-0.2, 0) is 94.7 Å². The average molecular weight is 1280 g/mol. The van der Waals surface area contributed by atoms with Crippen molar-refractivity contribution < 1.29 is 99.8 Å². The summed E-state index contributed by atoms with van der Waals surface area (Å²) < 4.78 is 111. The molecule has 4 aliphatic rings. The molecule has 0 saturated heterocycles. The van der Waals surface area contributed by atoms with Crippen LogP contribution in [0.3, 0.4) is 0 Å². The Bertz CT molecular complexity index is 1620. The Morgan fingerprint density at radius 3 is 1.00 bits per heavy atom. The number of rotatable bonds is 65. The zero-order chi connectivity index (χ0) is 63.4. The lowest BCUT2D eigenvalue weighted by Crippen LogP contribution is -2.51. The van der Waals surface area contributed by atoms with E-state index < -0.39 is 0 Å². The minimum atomic E-state index is 0.0199. The third kappa shape index (κ3) is 36.6. The first kappa shape index (κ1) is 80.3. The summed E-state index contributed by atoms with van der Waals surface area (Å²) in [5.41, 5.74) is 2.59. The highest BCUT2D eigenvalue weighted by Crippen LogP contribution is 2.67. The van der Waals surface area contributed by atoms with Crippen LogP contribution in [0.5, 0.6) is 0 Å². The molecule has 0 heterocycles. The molecule has 9 atom stereocenters. The summed E-state index contributed by atoms with van der Waals surface area (Å²) in [6.07, 6.45) is 16.4. The summed E-state index contributed by atoms with van der Waals surface area (Å²) in [4.78, 5) is 0. The fraction of sp³-hybridized carbons (Fsp3) is 0.971. The van der Waals surface area contributed by atoms with E-state index in [1.165, 1.54) is 51.4 Å². The molecule has 0 aromatic rings. The number of hydrogen-bond donors (Lipinski definition) is 1. The lowest BCUT2D eigenvalue weighted by molar-refractivity contribution is -0.0693. The van der Waals surface area contributed by atoms with Crippen LogP contribution < -0.4 is 0 Å². The van der Waals surface area contributed by atoms with Crippen LogP contribution in [0.4, 0.5) is 0 Å². The molecule has 3 saturated carbocycles. The Labute approximate surface area is 538 Å². The van der Waals surface area contributed by atoms with Crippen LogP contribution in [0.25, 0.3) is 0 Å². The predicted octanol–water partition coefficient (Wildman–Crippen LogP) is 7.97. The number of allylic oxidation sites excluding steroid dienone is 1. The Balaban J connectivity index is 0.758. The van der Waals surface area contributed by atoms with E-state index in [-0.39, 0.29) is 6.61 Å². The van der Waals surface area contributed by atoms with E-state index in [1.54, 1.807) is 5.57 Å². The van der Waals surface area contributed by atoms with Gasteiger partial charge in [-0.15, -0.1) is 0 Å². The average Bonchev–Trinajstić information content (AvgIpc) is 1.71. The minimum Gasteiger partial charge on any atom is -0.394 e. The smallest absolute Gasteiger partial charge is 0.0704 e. The van der Waals surface area contributed by atoms with Crippen molar-refractivity contribution >= 4 is 0 Å². The normalized spacial score (nSPS) is 23.2. The zero-order valence-corrected chi connectivity index (χ0v) is 56.7. The molecule has 0 amide bonds. The summed E-state index contributed by atoms with van der Waals surface area (Å²) in [6.45, 7) is 34.8. The van der Waals surface area contributed by atoms with Crippen molar-refractivity contribution in [1.82, 2.24) is 0 Å². The Hall–Kier alpha value is -1.10. The highest BCUT2D eigenvalue weighted by Gasteiger charge is 2.59. The molecule has 0 bridgehead atoms. The molecule has 0 spiro atoms. The number of ether oxygens (including phenoxy) is 20. The van der Waals surface area contributed by atoms with Crippen molar-refractivity contribution in [1.29, 1.82) is 0 Å².